The minimum atomic E-state index is 0.588. The average Bonchev–Trinajstić information content (AvgIpc) is 3.10. The van der Waals surface area contributed by atoms with Crippen LogP contribution in [0, 0.1) is 0 Å². The van der Waals surface area contributed by atoms with Gasteiger partial charge < -0.3 is 20.9 Å². The lowest BCUT2D eigenvalue weighted by Gasteiger charge is -2.30. The summed E-state index contributed by atoms with van der Waals surface area (Å²) < 4.78 is 0. The van der Waals surface area contributed by atoms with Crippen LogP contribution >= 0.6 is 0 Å². The molecule has 1 aromatic carbocycles. The third-order valence-corrected chi connectivity index (χ3v) is 5.22. The van der Waals surface area contributed by atoms with E-state index < -0.39 is 0 Å². The van der Waals surface area contributed by atoms with Crippen molar-refractivity contribution in [3.63, 3.8) is 0 Å². The van der Waals surface area contributed by atoms with E-state index in [1.165, 1.54) is 35.7 Å². The molecule has 1 aliphatic heterocycles. The molecule has 2 aromatic heterocycles. The molecule has 0 spiro atoms. The summed E-state index contributed by atoms with van der Waals surface area (Å²) in [5, 5.41) is 4.31. The average molecular weight is 350 g/mol. The van der Waals surface area contributed by atoms with Gasteiger partial charge in [-0.05, 0) is 43.7 Å². The first-order valence-corrected chi connectivity index (χ1v) is 9.40. The number of H-pyrrole nitrogens is 1. The Bertz CT molecular complexity index is 894. The van der Waals surface area contributed by atoms with Crippen molar-refractivity contribution in [1.82, 2.24) is 15.0 Å². The van der Waals surface area contributed by atoms with Crippen molar-refractivity contribution in [2.24, 2.45) is 0 Å². The van der Waals surface area contributed by atoms with Gasteiger partial charge in [0.1, 0.15) is 11.6 Å². The number of rotatable bonds is 5. The van der Waals surface area contributed by atoms with E-state index in [0.29, 0.717) is 11.8 Å². The highest BCUT2D eigenvalue weighted by atomic mass is 15.2. The van der Waals surface area contributed by atoms with Gasteiger partial charge >= 0.3 is 0 Å². The van der Waals surface area contributed by atoms with E-state index in [0.717, 1.165) is 37.3 Å². The normalized spacial score (nSPS) is 14.7. The number of nitrogens with zero attached hydrogens (tertiary/aromatic N) is 3. The van der Waals surface area contributed by atoms with Gasteiger partial charge in [0.05, 0.1) is 0 Å². The first-order chi connectivity index (χ1) is 12.8. The number of fused-ring (bicyclic) bond motifs is 1. The van der Waals surface area contributed by atoms with Crippen molar-refractivity contribution in [3.05, 3.63) is 41.6 Å². The molecule has 3 aromatic rings. The van der Waals surface area contributed by atoms with Crippen molar-refractivity contribution in [3.8, 4) is 0 Å². The minimum absolute atomic E-state index is 0.588. The molecule has 0 amide bonds. The van der Waals surface area contributed by atoms with Crippen LogP contribution in [0.5, 0.6) is 0 Å². The largest absolute Gasteiger partial charge is 0.383 e. The van der Waals surface area contributed by atoms with E-state index in [1.54, 1.807) is 0 Å². The summed E-state index contributed by atoms with van der Waals surface area (Å²) in [6.07, 6.45) is 7.56. The Morgan fingerprint density at radius 1 is 1.12 bits per heavy atom. The number of para-hydroxylation sites is 1. The number of piperidine rings is 1. The maximum atomic E-state index is 6.33. The Morgan fingerprint density at radius 2 is 1.92 bits per heavy atom. The van der Waals surface area contributed by atoms with Crippen LogP contribution in [0.2, 0.25) is 0 Å². The lowest BCUT2D eigenvalue weighted by atomic mass is 10.0. The van der Waals surface area contributed by atoms with Crippen LogP contribution in [0.25, 0.3) is 10.9 Å². The SMILES string of the molecule is CNc1nc(N)c(CCc2c[nH]c3ccccc23)c(N2CCCCC2)n1. The van der Waals surface area contributed by atoms with Crippen LogP contribution in [0.3, 0.4) is 0 Å². The van der Waals surface area contributed by atoms with Gasteiger partial charge in [0.2, 0.25) is 5.95 Å². The van der Waals surface area contributed by atoms with Gasteiger partial charge in [0.15, 0.2) is 0 Å². The molecule has 0 saturated carbocycles. The van der Waals surface area contributed by atoms with Crippen LogP contribution in [0.1, 0.15) is 30.4 Å². The number of hydrogen-bond acceptors (Lipinski definition) is 5. The Labute approximate surface area is 153 Å². The summed E-state index contributed by atoms with van der Waals surface area (Å²) in [6, 6.07) is 8.41. The quantitative estimate of drug-likeness (QED) is 0.657. The highest BCUT2D eigenvalue weighted by molar-refractivity contribution is 5.83. The number of hydrogen-bond donors (Lipinski definition) is 3. The molecule has 6 nitrogen and oxygen atoms in total. The van der Waals surface area contributed by atoms with E-state index >= 15 is 0 Å². The van der Waals surface area contributed by atoms with Crippen molar-refractivity contribution in [2.75, 3.05) is 36.1 Å². The summed E-state index contributed by atoms with van der Waals surface area (Å²) in [5.41, 5.74) is 9.88. The monoisotopic (exact) mass is 350 g/mol. The second-order valence-corrected chi connectivity index (χ2v) is 6.89. The number of aryl methyl sites for hydroxylation is 1. The van der Waals surface area contributed by atoms with Crippen LogP contribution in [-0.4, -0.2) is 35.1 Å². The van der Waals surface area contributed by atoms with E-state index in [4.69, 9.17) is 10.7 Å². The molecule has 0 aliphatic carbocycles. The number of nitrogen functional groups attached to an aromatic ring is 1. The number of aromatic nitrogens is 3. The van der Waals surface area contributed by atoms with Crippen molar-refractivity contribution in [1.29, 1.82) is 0 Å². The zero-order valence-electron chi connectivity index (χ0n) is 15.3. The number of anilines is 3. The maximum Gasteiger partial charge on any atom is 0.226 e. The smallest absolute Gasteiger partial charge is 0.226 e. The summed E-state index contributed by atoms with van der Waals surface area (Å²) in [6.45, 7) is 2.08. The van der Waals surface area contributed by atoms with Gasteiger partial charge in [-0.25, -0.2) is 0 Å². The molecule has 3 heterocycles. The van der Waals surface area contributed by atoms with Gasteiger partial charge in [-0.2, -0.15) is 9.97 Å². The highest BCUT2D eigenvalue weighted by Gasteiger charge is 2.20. The molecular formula is C20H26N6. The van der Waals surface area contributed by atoms with Crippen LogP contribution < -0.4 is 16.0 Å². The van der Waals surface area contributed by atoms with Crippen molar-refractivity contribution < 1.29 is 0 Å². The van der Waals surface area contributed by atoms with Crippen LogP contribution in [0.15, 0.2) is 30.5 Å². The highest BCUT2D eigenvalue weighted by Crippen LogP contribution is 2.29. The molecule has 0 atom stereocenters. The topological polar surface area (TPSA) is 82.9 Å². The maximum absolute atomic E-state index is 6.33. The molecule has 26 heavy (non-hydrogen) atoms. The lowest BCUT2D eigenvalue weighted by Crippen LogP contribution is -2.32. The fraction of sp³-hybridized carbons (Fsp3) is 0.400. The minimum Gasteiger partial charge on any atom is -0.383 e. The molecular weight excluding hydrogens is 324 g/mol. The van der Waals surface area contributed by atoms with E-state index in [-0.39, 0.29) is 0 Å². The summed E-state index contributed by atoms with van der Waals surface area (Å²) >= 11 is 0. The third kappa shape index (κ3) is 3.19. The Hall–Kier alpha value is -2.76. The fourth-order valence-electron chi connectivity index (χ4n) is 3.81. The number of benzene rings is 1. The molecule has 1 fully saturated rings. The number of aromatic amines is 1. The number of nitrogens with one attached hydrogen (secondary N) is 2. The van der Waals surface area contributed by atoms with Gasteiger partial charge in [-0.1, -0.05) is 18.2 Å². The molecule has 0 unspecified atom stereocenters. The van der Waals surface area contributed by atoms with E-state index in [1.807, 2.05) is 7.05 Å². The Kier molecular flexibility index (Phi) is 4.65. The molecule has 0 bridgehead atoms. The molecule has 1 saturated heterocycles. The van der Waals surface area contributed by atoms with E-state index in [9.17, 15) is 0 Å². The molecule has 4 N–H and O–H groups in total. The molecule has 6 heteroatoms. The van der Waals surface area contributed by atoms with Gasteiger partial charge in [0, 0.05) is 42.8 Å². The summed E-state index contributed by atoms with van der Waals surface area (Å²) in [4.78, 5) is 14.9. The Morgan fingerprint density at radius 3 is 2.73 bits per heavy atom. The predicted octanol–water partition coefficient (Wildman–Crippen LogP) is 3.36. The van der Waals surface area contributed by atoms with E-state index in [2.05, 4.69) is 50.6 Å². The van der Waals surface area contributed by atoms with Gasteiger partial charge in [0.25, 0.3) is 0 Å². The lowest BCUT2D eigenvalue weighted by molar-refractivity contribution is 0.571. The molecule has 4 rings (SSSR count). The Balaban J connectivity index is 1.64. The van der Waals surface area contributed by atoms with Gasteiger partial charge in [-0.3, -0.25) is 0 Å². The number of nitrogens with two attached hydrogens (primary N) is 1. The fourth-order valence-corrected chi connectivity index (χ4v) is 3.81. The van der Waals surface area contributed by atoms with Gasteiger partial charge in [-0.15, -0.1) is 0 Å². The molecule has 136 valence electrons. The molecule has 0 radical (unpaired) electrons. The van der Waals surface area contributed by atoms with Crippen LogP contribution in [0.4, 0.5) is 17.6 Å². The zero-order chi connectivity index (χ0) is 17.9. The second kappa shape index (κ2) is 7.23. The third-order valence-electron chi connectivity index (χ3n) is 5.22. The van der Waals surface area contributed by atoms with Crippen LogP contribution in [-0.2, 0) is 12.8 Å². The second-order valence-electron chi connectivity index (χ2n) is 6.89. The summed E-state index contributed by atoms with van der Waals surface area (Å²) in [5.74, 6) is 2.19. The van der Waals surface area contributed by atoms with Crippen molar-refractivity contribution in [2.45, 2.75) is 32.1 Å². The summed E-state index contributed by atoms with van der Waals surface area (Å²) in [7, 11) is 1.83. The van der Waals surface area contributed by atoms with Crippen molar-refractivity contribution >= 4 is 28.5 Å². The predicted molar refractivity (Wildman–Crippen MR) is 108 cm³/mol. The molecule has 1 aliphatic rings. The standard InChI is InChI=1S/C20H26N6/c1-22-20-24-18(21)16(19(25-20)26-11-5-2-6-12-26)10-9-14-13-23-17-8-4-3-7-15(14)17/h3-4,7-8,13,23H,2,5-6,9-12H2,1H3,(H3,21,22,24,25). The zero-order valence-corrected chi connectivity index (χ0v) is 15.3. The first kappa shape index (κ1) is 16.7. The first-order valence-electron chi connectivity index (χ1n) is 9.40.